The number of methoxy groups -OCH3 is 1. The Bertz CT molecular complexity index is 711. The average molecular weight is 489 g/mol. The molecule has 1 N–H and O–H groups in total. The summed E-state index contributed by atoms with van der Waals surface area (Å²) in [5, 5.41) is 11.0. The normalized spacial score (nSPS) is 34.6. The average Bonchev–Trinajstić information content (AvgIpc) is 2.98. The Hall–Kier alpha value is -0.543. The number of hydrogen-bond acceptors (Lipinski definition) is 6. The molecular weight excluding hydrogens is 456 g/mol. The fourth-order valence-electron chi connectivity index (χ4n) is 5.91. The molecule has 0 spiro atoms. The van der Waals surface area contributed by atoms with Crippen LogP contribution in [0, 0.1) is 0 Å². The molecule has 3 rings (SSSR count). The van der Waals surface area contributed by atoms with Gasteiger partial charge in [0.1, 0.15) is 10.4 Å². The second-order valence-electron chi connectivity index (χ2n) is 9.44. The van der Waals surface area contributed by atoms with E-state index in [1.165, 1.54) is 7.11 Å². The van der Waals surface area contributed by atoms with Crippen molar-refractivity contribution >= 4 is 36.0 Å². The minimum absolute atomic E-state index is 0.0422. The zero-order chi connectivity index (χ0) is 21.9. The van der Waals surface area contributed by atoms with Crippen LogP contribution in [0.2, 0.25) is 16.6 Å². The number of fused-ring (bicyclic) bond motifs is 1. The Morgan fingerprint density at radius 2 is 1.76 bits per heavy atom. The zero-order valence-electron chi connectivity index (χ0n) is 18.3. The van der Waals surface area contributed by atoms with Gasteiger partial charge in [-0.2, -0.15) is 0 Å². The summed E-state index contributed by atoms with van der Waals surface area (Å²) in [5.74, 6) is -0.617. The maximum Gasteiger partial charge on any atom is 0.336 e. The van der Waals surface area contributed by atoms with Crippen LogP contribution in [0.15, 0.2) is 11.1 Å². The van der Waals surface area contributed by atoms with Gasteiger partial charge in [-0.15, -0.1) is 0 Å². The predicted molar refractivity (Wildman–Crippen MR) is 116 cm³/mol. The number of ether oxygens (including phenoxy) is 2. The molecule has 5 atom stereocenters. The molecule has 2 bridgehead atoms. The molecule has 164 valence electrons. The molecule has 2 fully saturated rings. The Balaban J connectivity index is 2.14. The monoisotopic (exact) mass is 488 g/mol. The largest absolute Gasteiger partial charge is 0.466 e. The van der Waals surface area contributed by atoms with E-state index < -0.39 is 43.0 Å². The van der Waals surface area contributed by atoms with Gasteiger partial charge in [-0.1, -0.05) is 57.5 Å². The van der Waals surface area contributed by atoms with Gasteiger partial charge in [0.25, 0.3) is 0 Å². The number of Topliss-reactive ketones (excluding diaryl/α,β-unsaturated/α-hetero) is 1. The van der Waals surface area contributed by atoms with E-state index >= 15 is 0 Å². The lowest BCUT2D eigenvalue weighted by Gasteiger charge is -2.50. The number of hydrogen-bond donors (Lipinski definition) is 1. The van der Waals surface area contributed by atoms with E-state index in [4.69, 9.17) is 13.9 Å². The van der Waals surface area contributed by atoms with Gasteiger partial charge in [0.05, 0.1) is 31.0 Å². The van der Waals surface area contributed by atoms with Crippen molar-refractivity contribution in [3.05, 3.63) is 11.1 Å². The Labute approximate surface area is 182 Å². The van der Waals surface area contributed by atoms with E-state index in [2.05, 4.69) is 57.5 Å². The number of rotatable bonds is 6. The summed E-state index contributed by atoms with van der Waals surface area (Å²) < 4.78 is 16.9. The van der Waals surface area contributed by atoms with Crippen molar-refractivity contribution < 1.29 is 28.6 Å². The molecule has 6 nitrogen and oxygen atoms in total. The summed E-state index contributed by atoms with van der Waals surface area (Å²) in [6.45, 7) is 13.2. The number of alkyl halides is 1. The van der Waals surface area contributed by atoms with Crippen molar-refractivity contribution in [2.45, 2.75) is 99.7 Å². The van der Waals surface area contributed by atoms with Crippen LogP contribution in [0.4, 0.5) is 0 Å². The van der Waals surface area contributed by atoms with E-state index in [1.807, 2.05) is 0 Å². The number of esters is 1. The second kappa shape index (κ2) is 7.86. The minimum Gasteiger partial charge on any atom is -0.466 e. The molecular formula is C21H33BrO6Si. The number of ketones is 1. The highest BCUT2D eigenvalue weighted by Crippen LogP contribution is 2.55. The third kappa shape index (κ3) is 3.21. The summed E-state index contributed by atoms with van der Waals surface area (Å²) in [6, 6.07) is 0. The molecule has 1 aliphatic carbocycles. The number of carbonyl (C=O) groups is 2. The van der Waals surface area contributed by atoms with Gasteiger partial charge in [-0.25, -0.2) is 4.79 Å². The number of halogens is 1. The van der Waals surface area contributed by atoms with E-state index in [1.54, 1.807) is 0 Å². The molecule has 0 amide bonds. The summed E-state index contributed by atoms with van der Waals surface area (Å²) >= 11 is 3.51. The van der Waals surface area contributed by atoms with Crippen LogP contribution in [0.25, 0.3) is 0 Å². The molecule has 0 radical (unpaired) electrons. The maximum atomic E-state index is 12.9. The van der Waals surface area contributed by atoms with Gasteiger partial charge in [0, 0.05) is 18.4 Å². The van der Waals surface area contributed by atoms with Crippen LogP contribution >= 0.6 is 15.9 Å². The lowest BCUT2D eigenvalue weighted by Crippen LogP contribution is -2.63. The van der Waals surface area contributed by atoms with E-state index in [0.29, 0.717) is 27.8 Å². The molecule has 29 heavy (non-hydrogen) atoms. The van der Waals surface area contributed by atoms with Gasteiger partial charge in [-0.05, 0) is 16.6 Å². The fourth-order valence-corrected chi connectivity index (χ4v) is 12.1. The van der Waals surface area contributed by atoms with Gasteiger partial charge in [0.2, 0.25) is 8.32 Å². The standard InChI is InChI=1S/C21H33BrO6Si/c1-10(2)29(11(3)4,12(5)6)28-14-9-16(24)21(22)15(23)8-13-18(20(25)26-7)17(14)19(21)27-13/h10-14,16,19,24H,8-9H2,1-7H3/t13-,14+,16+,19+,21-/m1/s1. The van der Waals surface area contributed by atoms with E-state index in [-0.39, 0.29) is 18.6 Å². The molecule has 3 aliphatic rings. The molecule has 0 aromatic carbocycles. The molecule has 1 saturated heterocycles. The van der Waals surface area contributed by atoms with Crippen LogP contribution in [-0.4, -0.2) is 61.0 Å². The van der Waals surface area contributed by atoms with Crippen molar-refractivity contribution in [3.63, 3.8) is 0 Å². The van der Waals surface area contributed by atoms with Crippen LogP contribution < -0.4 is 0 Å². The summed E-state index contributed by atoms with van der Waals surface area (Å²) in [7, 11) is -0.960. The third-order valence-corrected chi connectivity index (χ3v) is 14.6. The maximum absolute atomic E-state index is 12.9. The van der Waals surface area contributed by atoms with Crippen molar-refractivity contribution in [2.75, 3.05) is 7.11 Å². The van der Waals surface area contributed by atoms with Crippen LogP contribution in [0.3, 0.4) is 0 Å². The van der Waals surface area contributed by atoms with Crippen molar-refractivity contribution in [1.29, 1.82) is 0 Å². The lowest BCUT2D eigenvalue weighted by molar-refractivity contribution is -0.144. The van der Waals surface area contributed by atoms with Crippen LogP contribution in [0.5, 0.6) is 0 Å². The highest BCUT2D eigenvalue weighted by Gasteiger charge is 2.66. The van der Waals surface area contributed by atoms with Gasteiger partial charge < -0.3 is 19.0 Å². The van der Waals surface area contributed by atoms with E-state index in [0.717, 1.165) is 0 Å². The quantitative estimate of drug-likeness (QED) is 0.349. The highest BCUT2D eigenvalue weighted by atomic mass is 79.9. The molecule has 0 aromatic rings. The van der Waals surface area contributed by atoms with Crippen LogP contribution in [-0.2, 0) is 23.5 Å². The molecule has 8 heteroatoms. The first-order valence-corrected chi connectivity index (χ1v) is 13.4. The van der Waals surface area contributed by atoms with Gasteiger partial charge >= 0.3 is 5.97 Å². The van der Waals surface area contributed by atoms with Crippen molar-refractivity contribution in [3.8, 4) is 0 Å². The first-order chi connectivity index (χ1) is 13.4. The minimum atomic E-state index is -2.30. The molecule has 2 aliphatic heterocycles. The summed E-state index contributed by atoms with van der Waals surface area (Å²) in [5.41, 5.74) is 2.14. The second-order valence-corrected chi connectivity index (χ2v) is 16.2. The number of carbonyl (C=O) groups excluding carboxylic acids is 2. The fraction of sp³-hybridized carbons (Fsp3) is 0.810. The first-order valence-electron chi connectivity index (χ1n) is 10.5. The predicted octanol–water partition coefficient (Wildman–Crippen LogP) is 3.66. The number of aliphatic hydroxyl groups is 1. The Kier molecular flexibility index (Phi) is 6.27. The molecule has 2 heterocycles. The van der Waals surface area contributed by atoms with E-state index in [9.17, 15) is 14.7 Å². The SMILES string of the molecule is COC(=O)C1=C2[C@@H](O[Si](C(C)C)(C(C)C)C(C)C)C[C@H](O)[C@]3(Br)C(=O)C[C@H]1O[C@@H]23. The summed E-state index contributed by atoms with van der Waals surface area (Å²) in [6.07, 6.45) is -2.48. The summed E-state index contributed by atoms with van der Waals surface area (Å²) in [4.78, 5) is 25.5. The zero-order valence-corrected chi connectivity index (χ0v) is 20.9. The van der Waals surface area contributed by atoms with Crippen molar-refractivity contribution in [1.82, 2.24) is 0 Å². The van der Waals surface area contributed by atoms with Gasteiger partial charge in [0.15, 0.2) is 5.78 Å². The molecule has 1 saturated carbocycles. The first kappa shape index (κ1) is 23.1. The van der Waals surface area contributed by atoms with Crippen molar-refractivity contribution in [2.24, 2.45) is 0 Å². The highest BCUT2D eigenvalue weighted by molar-refractivity contribution is 9.10. The molecule has 0 unspecified atom stereocenters. The Morgan fingerprint density at radius 1 is 1.21 bits per heavy atom. The lowest BCUT2D eigenvalue weighted by atomic mass is 9.76. The Morgan fingerprint density at radius 3 is 2.24 bits per heavy atom. The topological polar surface area (TPSA) is 82.1 Å². The smallest absolute Gasteiger partial charge is 0.336 e. The number of aliphatic hydroxyl groups excluding tert-OH is 1. The van der Waals surface area contributed by atoms with Crippen LogP contribution in [0.1, 0.15) is 54.4 Å². The third-order valence-electron chi connectivity index (χ3n) is 7.12. The molecule has 0 aromatic heterocycles. The van der Waals surface area contributed by atoms with Gasteiger partial charge in [-0.3, -0.25) is 4.79 Å².